The smallest absolute Gasteiger partial charge is 0.115 e. The number of nitrogens with zero attached hydrogens (tertiary/aromatic N) is 2. The summed E-state index contributed by atoms with van der Waals surface area (Å²) in [5.74, 6) is 0.430. The first kappa shape index (κ1) is 13.0. The number of hydrogen-bond acceptors (Lipinski definition) is 4. The molecule has 4 heteroatoms. The maximum atomic E-state index is 10.8. The van der Waals surface area contributed by atoms with Crippen LogP contribution in [0.1, 0.15) is 50.5 Å². The third-order valence-electron chi connectivity index (χ3n) is 4.86. The van der Waals surface area contributed by atoms with Gasteiger partial charge in [0, 0.05) is 36.5 Å². The topological polar surface area (TPSA) is 58.0 Å². The molecular weight excluding hydrogens is 238 g/mol. The van der Waals surface area contributed by atoms with Gasteiger partial charge in [-0.2, -0.15) is 0 Å². The lowest BCUT2D eigenvalue weighted by Crippen LogP contribution is -2.54. The summed E-state index contributed by atoms with van der Waals surface area (Å²) in [6.45, 7) is 0.804. The summed E-state index contributed by atoms with van der Waals surface area (Å²) in [5.41, 5.74) is 0.717. The maximum Gasteiger partial charge on any atom is 0.115 e. The molecule has 3 unspecified atom stereocenters. The Kier molecular flexibility index (Phi) is 3.80. The van der Waals surface area contributed by atoms with E-state index < -0.39 is 5.60 Å². The van der Waals surface area contributed by atoms with E-state index in [-0.39, 0.29) is 0 Å². The molecule has 0 saturated heterocycles. The van der Waals surface area contributed by atoms with Gasteiger partial charge >= 0.3 is 0 Å². The highest BCUT2D eigenvalue weighted by atomic mass is 16.3. The normalized spacial score (nSPS) is 34.8. The molecule has 3 rings (SSSR count). The number of nitrogens with one attached hydrogen (secondary N) is 1. The van der Waals surface area contributed by atoms with Crippen LogP contribution in [-0.4, -0.2) is 26.7 Å². The second-order valence-corrected chi connectivity index (χ2v) is 6.08. The third-order valence-corrected chi connectivity index (χ3v) is 4.86. The molecule has 0 aromatic carbocycles. The number of fused-ring (bicyclic) bond motifs is 1. The minimum absolute atomic E-state index is 0.401. The fourth-order valence-electron chi connectivity index (χ4n) is 3.88. The lowest BCUT2D eigenvalue weighted by molar-refractivity contribution is -0.0882. The van der Waals surface area contributed by atoms with Gasteiger partial charge in [-0.15, -0.1) is 0 Å². The quantitative estimate of drug-likeness (QED) is 0.874. The summed E-state index contributed by atoms with van der Waals surface area (Å²) in [4.78, 5) is 8.09. The van der Waals surface area contributed by atoms with Gasteiger partial charge in [0.05, 0.1) is 5.60 Å². The predicted octanol–water partition coefficient (Wildman–Crippen LogP) is 2.04. The number of aromatic nitrogens is 2. The van der Waals surface area contributed by atoms with Crippen molar-refractivity contribution in [2.24, 2.45) is 5.92 Å². The summed E-state index contributed by atoms with van der Waals surface area (Å²) in [7, 11) is 0. The van der Waals surface area contributed by atoms with Gasteiger partial charge in [0.25, 0.3) is 0 Å². The lowest BCUT2D eigenvalue weighted by Gasteiger charge is -2.48. The van der Waals surface area contributed by atoms with Crippen LogP contribution in [0.25, 0.3) is 0 Å². The van der Waals surface area contributed by atoms with E-state index in [0.29, 0.717) is 12.0 Å². The van der Waals surface area contributed by atoms with Crippen LogP contribution in [0.3, 0.4) is 0 Å². The summed E-state index contributed by atoms with van der Waals surface area (Å²) in [6, 6.07) is 0.444. The minimum atomic E-state index is -0.401. The van der Waals surface area contributed by atoms with Crippen LogP contribution in [0.5, 0.6) is 0 Å². The Balaban J connectivity index is 1.63. The van der Waals surface area contributed by atoms with E-state index in [2.05, 4.69) is 15.3 Å². The highest BCUT2D eigenvalue weighted by Crippen LogP contribution is 2.43. The van der Waals surface area contributed by atoms with Crippen LogP contribution >= 0.6 is 0 Å². The molecule has 104 valence electrons. The van der Waals surface area contributed by atoms with Gasteiger partial charge in [0.15, 0.2) is 0 Å². The monoisotopic (exact) mass is 261 g/mol. The lowest BCUT2D eigenvalue weighted by atomic mass is 9.65. The standard InChI is InChI=1S/C15H23N3O/c19-15-6-2-1-4-13(15)14(5-3-7-15)18-10-12-8-16-11-17-9-12/h8-9,11,13-14,18-19H,1-7,10H2. The van der Waals surface area contributed by atoms with Crippen molar-refractivity contribution in [3.8, 4) is 0 Å². The zero-order chi connectivity index (χ0) is 13.1. The molecule has 19 heavy (non-hydrogen) atoms. The van der Waals surface area contributed by atoms with Gasteiger partial charge in [-0.1, -0.05) is 12.8 Å². The summed E-state index contributed by atoms with van der Waals surface area (Å²) < 4.78 is 0. The van der Waals surface area contributed by atoms with Crippen molar-refractivity contribution in [2.45, 2.75) is 63.1 Å². The molecule has 0 spiro atoms. The molecular formula is C15H23N3O. The first-order valence-corrected chi connectivity index (χ1v) is 7.48. The molecule has 4 nitrogen and oxygen atoms in total. The second kappa shape index (κ2) is 5.55. The van der Waals surface area contributed by atoms with E-state index in [4.69, 9.17) is 0 Å². The summed E-state index contributed by atoms with van der Waals surface area (Å²) in [5, 5.41) is 14.4. The van der Waals surface area contributed by atoms with Crippen molar-refractivity contribution < 1.29 is 5.11 Å². The van der Waals surface area contributed by atoms with Crippen molar-refractivity contribution in [1.82, 2.24) is 15.3 Å². The van der Waals surface area contributed by atoms with Gasteiger partial charge in [-0.25, -0.2) is 9.97 Å². The first-order chi connectivity index (χ1) is 9.28. The van der Waals surface area contributed by atoms with Crippen LogP contribution in [0.15, 0.2) is 18.7 Å². The Labute approximate surface area is 114 Å². The number of rotatable bonds is 3. The van der Waals surface area contributed by atoms with Crippen molar-refractivity contribution in [1.29, 1.82) is 0 Å². The van der Waals surface area contributed by atoms with E-state index in [9.17, 15) is 5.11 Å². The van der Waals surface area contributed by atoms with E-state index in [1.54, 1.807) is 6.33 Å². The fourth-order valence-corrected chi connectivity index (χ4v) is 3.88. The van der Waals surface area contributed by atoms with E-state index in [1.807, 2.05) is 12.4 Å². The fraction of sp³-hybridized carbons (Fsp3) is 0.733. The molecule has 2 aliphatic carbocycles. The molecule has 0 bridgehead atoms. The van der Waals surface area contributed by atoms with E-state index >= 15 is 0 Å². The van der Waals surface area contributed by atoms with Gasteiger partial charge in [-0.05, 0) is 32.1 Å². The molecule has 2 fully saturated rings. The van der Waals surface area contributed by atoms with Crippen molar-refractivity contribution in [3.63, 3.8) is 0 Å². The molecule has 0 radical (unpaired) electrons. The Morgan fingerprint density at radius 2 is 1.95 bits per heavy atom. The average Bonchev–Trinajstić information content (AvgIpc) is 2.45. The van der Waals surface area contributed by atoms with Gasteiger partial charge in [0.1, 0.15) is 6.33 Å². The average molecular weight is 261 g/mol. The van der Waals surface area contributed by atoms with Gasteiger partial charge < -0.3 is 10.4 Å². The van der Waals surface area contributed by atoms with E-state index in [1.165, 1.54) is 25.7 Å². The number of aliphatic hydroxyl groups is 1. The Morgan fingerprint density at radius 3 is 2.79 bits per heavy atom. The van der Waals surface area contributed by atoms with Crippen LogP contribution in [0, 0.1) is 5.92 Å². The van der Waals surface area contributed by atoms with Crippen LogP contribution < -0.4 is 5.32 Å². The molecule has 1 heterocycles. The molecule has 1 aromatic heterocycles. The van der Waals surface area contributed by atoms with Crippen molar-refractivity contribution in [3.05, 3.63) is 24.3 Å². The summed E-state index contributed by atoms with van der Waals surface area (Å²) >= 11 is 0. The van der Waals surface area contributed by atoms with Gasteiger partial charge in [-0.3, -0.25) is 0 Å². The Bertz CT molecular complexity index is 407. The van der Waals surface area contributed by atoms with Crippen molar-refractivity contribution >= 4 is 0 Å². The maximum absolute atomic E-state index is 10.8. The molecule has 0 aliphatic heterocycles. The first-order valence-electron chi connectivity index (χ1n) is 7.48. The van der Waals surface area contributed by atoms with Gasteiger partial charge in [0.2, 0.25) is 0 Å². The Morgan fingerprint density at radius 1 is 1.16 bits per heavy atom. The SMILES string of the molecule is OC12CCCCC1C(NCc1cncnc1)CCC2. The molecule has 2 aliphatic rings. The summed E-state index contributed by atoms with van der Waals surface area (Å²) in [6.07, 6.45) is 13.2. The minimum Gasteiger partial charge on any atom is -0.390 e. The van der Waals surface area contributed by atoms with Crippen LogP contribution in [-0.2, 0) is 6.54 Å². The number of hydrogen-bond donors (Lipinski definition) is 2. The largest absolute Gasteiger partial charge is 0.390 e. The van der Waals surface area contributed by atoms with Crippen LogP contribution in [0.4, 0.5) is 0 Å². The molecule has 2 N–H and O–H groups in total. The molecule has 2 saturated carbocycles. The van der Waals surface area contributed by atoms with Crippen LogP contribution in [0.2, 0.25) is 0 Å². The zero-order valence-corrected chi connectivity index (χ0v) is 11.4. The second-order valence-electron chi connectivity index (χ2n) is 6.08. The van der Waals surface area contributed by atoms with E-state index in [0.717, 1.165) is 31.4 Å². The molecule has 0 amide bonds. The molecule has 3 atom stereocenters. The van der Waals surface area contributed by atoms with Crippen molar-refractivity contribution in [2.75, 3.05) is 0 Å². The highest BCUT2D eigenvalue weighted by Gasteiger charge is 2.45. The molecule has 1 aromatic rings. The third kappa shape index (κ3) is 2.79. The Hall–Kier alpha value is -1.00. The predicted molar refractivity (Wildman–Crippen MR) is 73.4 cm³/mol. The highest BCUT2D eigenvalue weighted by molar-refractivity contribution is 5.04. The zero-order valence-electron chi connectivity index (χ0n) is 11.4.